The Morgan fingerprint density at radius 3 is 2.60 bits per heavy atom. The van der Waals surface area contributed by atoms with Crippen molar-refractivity contribution in [3.8, 4) is 0 Å². The zero-order valence-corrected chi connectivity index (χ0v) is 14.2. The summed E-state index contributed by atoms with van der Waals surface area (Å²) in [4.78, 5) is 0. The van der Waals surface area contributed by atoms with Gasteiger partial charge in [-0.05, 0) is 63.2 Å². The van der Waals surface area contributed by atoms with Crippen molar-refractivity contribution in [3.05, 3.63) is 0 Å². The van der Waals surface area contributed by atoms with E-state index in [1.54, 1.807) is 11.9 Å². The zero-order chi connectivity index (χ0) is 14.4. The Kier molecular flexibility index (Phi) is 7.15. The molecule has 2 aliphatic rings. The van der Waals surface area contributed by atoms with Gasteiger partial charge in [-0.2, -0.15) is 0 Å². The maximum absolute atomic E-state index is 6.22. The molecular weight excluding hydrogens is 268 g/mol. The molecule has 3 nitrogen and oxygen atoms in total. The second-order valence-corrected chi connectivity index (χ2v) is 7.39. The highest BCUT2D eigenvalue weighted by Gasteiger charge is 2.27. The number of piperidine rings is 1. The monoisotopic (exact) mass is 300 g/mol. The molecule has 2 N–H and O–H groups in total. The molecule has 1 heterocycles. The van der Waals surface area contributed by atoms with Crippen molar-refractivity contribution < 1.29 is 4.74 Å². The summed E-state index contributed by atoms with van der Waals surface area (Å²) in [5, 5.41) is 3.62. The fraction of sp³-hybridized carbons (Fsp3) is 1.00. The van der Waals surface area contributed by atoms with E-state index < -0.39 is 0 Å². The maximum Gasteiger partial charge on any atom is 0.0638 e. The molecule has 2 fully saturated rings. The quantitative estimate of drug-likeness (QED) is 0.738. The van der Waals surface area contributed by atoms with Gasteiger partial charge in [0.05, 0.1) is 12.7 Å². The van der Waals surface area contributed by atoms with Crippen molar-refractivity contribution in [2.75, 3.05) is 19.4 Å². The predicted octanol–water partition coefficient (Wildman–Crippen LogP) is 3.21. The number of nitrogens with one attached hydrogen (secondary N) is 2. The van der Waals surface area contributed by atoms with Gasteiger partial charge in [-0.3, -0.25) is 4.72 Å². The number of ether oxygens (including phenoxy) is 1. The summed E-state index contributed by atoms with van der Waals surface area (Å²) in [6, 6.07) is 1.05. The van der Waals surface area contributed by atoms with Crippen molar-refractivity contribution in [2.45, 2.75) is 70.6 Å². The molecule has 0 bridgehead atoms. The van der Waals surface area contributed by atoms with Gasteiger partial charge in [-0.25, -0.2) is 0 Å². The van der Waals surface area contributed by atoms with Crippen LogP contribution in [0.15, 0.2) is 0 Å². The van der Waals surface area contributed by atoms with Crippen LogP contribution in [-0.2, 0) is 4.74 Å². The Labute approximate surface area is 129 Å². The highest BCUT2D eigenvalue weighted by molar-refractivity contribution is 7.96. The first-order chi connectivity index (χ1) is 9.70. The number of rotatable bonds is 6. The van der Waals surface area contributed by atoms with Crippen LogP contribution in [0.3, 0.4) is 0 Å². The van der Waals surface area contributed by atoms with Crippen LogP contribution in [0.25, 0.3) is 0 Å². The molecule has 0 spiro atoms. The van der Waals surface area contributed by atoms with Gasteiger partial charge in [-0.15, -0.1) is 0 Å². The lowest BCUT2D eigenvalue weighted by Crippen LogP contribution is -2.52. The molecular formula is C16H32N2OS. The molecule has 1 aliphatic heterocycles. The van der Waals surface area contributed by atoms with Gasteiger partial charge >= 0.3 is 0 Å². The van der Waals surface area contributed by atoms with Gasteiger partial charge in [0.15, 0.2) is 0 Å². The molecule has 0 aromatic carbocycles. The Balaban J connectivity index is 1.69. The average Bonchev–Trinajstić information content (AvgIpc) is 2.47. The SMILES string of the molecule is CSNC1CCCNC1COC1CCC(C(C)C)CC1. The summed E-state index contributed by atoms with van der Waals surface area (Å²) < 4.78 is 9.73. The van der Waals surface area contributed by atoms with Crippen LogP contribution in [0.5, 0.6) is 0 Å². The van der Waals surface area contributed by atoms with E-state index in [2.05, 4.69) is 30.1 Å². The topological polar surface area (TPSA) is 33.3 Å². The summed E-state index contributed by atoms with van der Waals surface area (Å²) in [6.07, 6.45) is 10.4. The molecule has 0 radical (unpaired) electrons. The number of hydrogen-bond donors (Lipinski definition) is 2. The minimum atomic E-state index is 0.485. The molecule has 20 heavy (non-hydrogen) atoms. The lowest BCUT2D eigenvalue weighted by Gasteiger charge is -2.35. The largest absolute Gasteiger partial charge is 0.377 e. The van der Waals surface area contributed by atoms with Gasteiger partial charge < -0.3 is 10.1 Å². The van der Waals surface area contributed by atoms with Crippen LogP contribution >= 0.6 is 11.9 Å². The van der Waals surface area contributed by atoms with Crippen LogP contribution in [-0.4, -0.2) is 37.6 Å². The highest BCUT2D eigenvalue weighted by Crippen LogP contribution is 2.31. The van der Waals surface area contributed by atoms with E-state index in [-0.39, 0.29) is 0 Å². The fourth-order valence-electron chi connectivity index (χ4n) is 3.58. The van der Waals surface area contributed by atoms with Crippen LogP contribution in [0.4, 0.5) is 0 Å². The van der Waals surface area contributed by atoms with Gasteiger partial charge in [0, 0.05) is 12.1 Å². The van der Waals surface area contributed by atoms with Gasteiger partial charge in [0.1, 0.15) is 0 Å². The van der Waals surface area contributed by atoms with Crippen LogP contribution < -0.4 is 10.0 Å². The van der Waals surface area contributed by atoms with Crippen molar-refractivity contribution in [1.82, 2.24) is 10.0 Å². The second-order valence-electron chi connectivity index (χ2n) is 6.75. The lowest BCUT2D eigenvalue weighted by molar-refractivity contribution is -0.00392. The Morgan fingerprint density at radius 2 is 1.95 bits per heavy atom. The van der Waals surface area contributed by atoms with E-state index in [1.165, 1.54) is 38.5 Å². The third-order valence-corrected chi connectivity index (χ3v) is 5.56. The van der Waals surface area contributed by atoms with Crippen molar-refractivity contribution in [1.29, 1.82) is 0 Å². The molecule has 0 aromatic rings. The first kappa shape index (κ1) is 16.6. The van der Waals surface area contributed by atoms with Crippen LogP contribution in [0, 0.1) is 11.8 Å². The second kappa shape index (κ2) is 8.62. The van der Waals surface area contributed by atoms with E-state index in [9.17, 15) is 0 Å². The molecule has 1 saturated heterocycles. The van der Waals surface area contributed by atoms with E-state index in [0.717, 1.165) is 25.0 Å². The smallest absolute Gasteiger partial charge is 0.0638 e. The van der Waals surface area contributed by atoms with E-state index in [4.69, 9.17) is 4.74 Å². The Bertz CT molecular complexity index is 265. The average molecular weight is 301 g/mol. The first-order valence-corrected chi connectivity index (χ1v) is 9.56. The summed E-state index contributed by atoms with van der Waals surface area (Å²) in [5.74, 6) is 1.76. The van der Waals surface area contributed by atoms with Crippen molar-refractivity contribution >= 4 is 11.9 Å². The molecule has 2 rings (SSSR count). The van der Waals surface area contributed by atoms with Crippen molar-refractivity contribution in [2.24, 2.45) is 11.8 Å². The predicted molar refractivity (Wildman–Crippen MR) is 88.0 cm³/mol. The Hall–Kier alpha value is 0.230. The summed E-state index contributed by atoms with van der Waals surface area (Å²) in [6.45, 7) is 6.73. The highest BCUT2D eigenvalue weighted by atomic mass is 32.2. The normalized spacial score (nSPS) is 35.4. The maximum atomic E-state index is 6.22. The van der Waals surface area contributed by atoms with Gasteiger partial charge in [-0.1, -0.05) is 25.8 Å². The molecule has 0 aromatic heterocycles. The molecule has 1 aliphatic carbocycles. The van der Waals surface area contributed by atoms with Crippen molar-refractivity contribution in [3.63, 3.8) is 0 Å². The first-order valence-electron chi connectivity index (χ1n) is 8.34. The summed E-state index contributed by atoms with van der Waals surface area (Å²) in [5.41, 5.74) is 0. The van der Waals surface area contributed by atoms with E-state index in [0.29, 0.717) is 18.2 Å². The van der Waals surface area contributed by atoms with E-state index in [1.807, 2.05) is 0 Å². The van der Waals surface area contributed by atoms with Crippen LogP contribution in [0.2, 0.25) is 0 Å². The summed E-state index contributed by atoms with van der Waals surface area (Å²) >= 11 is 1.73. The Morgan fingerprint density at radius 1 is 1.20 bits per heavy atom. The fourth-order valence-corrected chi connectivity index (χ4v) is 4.17. The summed E-state index contributed by atoms with van der Waals surface area (Å²) in [7, 11) is 0. The minimum absolute atomic E-state index is 0.485. The minimum Gasteiger partial charge on any atom is -0.377 e. The molecule has 118 valence electrons. The molecule has 4 heteroatoms. The molecule has 1 saturated carbocycles. The van der Waals surface area contributed by atoms with E-state index >= 15 is 0 Å². The third-order valence-electron chi connectivity index (χ3n) is 5.03. The van der Waals surface area contributed by atoms with Gasteiger partial charge in [0.2, 0.25) is 0 Å². The number of hydrogen-bond acceptors (Lipinski definition) is 4. The zero-order valence-electron chi connectivity index (χ0n) is 13.4. The lowest BCUT2D eigenvalue weighted by atomic mass is 9.80. The third kappa shape index (κ3) is 4.90. The van der Waals surface area contributed by atoms with Crippen LogP contribution in [0.1, 0.15) is 52.4 Å². The van der Waals surface area contributed by atoms with Gasteiger partial charge in [0.25, 0.3) is 0 Å². The molecule has 0 amide bonds. The standard InChI is InChI=1S/C16H32N2OS/c1-12(2)13-6-8-14(9-7-13)19-11-16-15(18-20-3)5-4-10-17-16/h12-18H,4-11H2,1-3H3. The molecule has 2 atom stereocenters. The molecule has 2 unspecified atom stereocenters.